The van der Waals surface area contributed by atoms with Gasteiger partial charge in [-0.2, -0.15) is 0 Å². The highest BCUT2D eigenvalue weighted by molar-refractivity contribution is 7.80. The Balaban J connectivity index is 2.62. The Kier molecular flexibility index (Phi) is 4.71. The van der Waals surface area contributed by atoms with Gasteiger partial charge in [0.1, 0.15) is 6.04 Å². The number of carbonyl (C=O) groups is 1. The number of ether oxygens (including phenoxy) is 1. The van der Waals surface area contributed by atoms with Crippen LogP contribution in [0.5, 0.6) is 5.88 Å². The van der Waals surface area contributed by atoms with E-state index in [1.54, 1.807) is 38.1 Å². The van der Waals surface area contributed by atoms with Gasteiger partial charge in [0, 0.05) is 5.39 Å². The Morgan fingerprint density at radius 1 is 1.50 bits per heavy atom. The summed E-state index contributed by atoms with van der Waals surface area (Å²) in [5.74, 6) is -0.641. The lowest BCUT2D eigenvalue weighted by Gasteiger charge is -2.14. The predicted octanol–water partition coefficient (Wildman–Crippen LogP) is 2.80. The van der Waals surface area contributed by atoms with Crippen LogP contribution < -0.4 is 5.73 Å². The minimum atomic E-state index is -0.710. The van der Waals surface area contributed by atoms with E-state index < -0.39 is 12.0 Å². The third-order valence-corrected chi connectivity index (χ3v) is 3.20. The summed E-state index contributed by atoms with van der Waals surface area (Å²) in [6.07, 6.45) is 0. The van der Waals surface area contributed by atoms with E-state index in [1.807, 2.05) is 0 Å². The van der Waals surface area contributed by atoms with Crippen molar-refractivity contribution in [2.24, 2.45) is 16.0 Å². The van der Waals surface area contributed by atoms with Crippen molar-refractivity contribution in [1.29, 1.82) is 0 Å². The average Bonchev–Trinajstić information content (AvgIpc) is 2.76. The molecule has 0 radical (unpaired) electrons. The highest BCUT2D eigenvalue weighted by Crippen LogP contribution is 2.41. The molecule has 0 bridgehead atoms. The van der Waals surface area contributed by atoms with E-state index in [4.69, 9.17) is 10.5 Å². The Hall–Kier alpha value is -2.48. The molecule has 0 saturated carbocycles. The third-order valence-electron chi connectivity index (χ3n) is 3.12. The fraction of sp³-hybridized carbons (Fsp3) is 0.286. The fourth-order valence-electron chi connectivity index (χ4n) is 2.19. The molecule has 2 aromatic rings. The van der Waals surface area contributed by atoms with Gasteiger partial charge in [-0.3, -0.25) is 4.57 Å². The summed E-state index contributed by atoms with van der Waals surface area (Å²) >= 11 is 4.65. The molecular weight excluding hydrogens is 304 g/mol. The molecule has 7 nitrogen and oxygen atoms in total. The Morgan fingerprint density at radius 2 is 2.18 bits per heavy atom. The van der Waals surface area contributed by atoms with Gasteiger partial charge in [0.25, 0.3) is 0 Å². The number of hydrogen-bond donors (Lipinski definition) is 2. The predicted molar refractivity (Wildman–Crippen MR) is 86.2 cm³/mol. The summed E-state index contributed by atoms with van der Waals surface area (Å²) in [5.41, 5.74) is 6.14. The highest BCUT2D eigenvalue weighted by atomic mass is 32.1. The number of carbonyl (C=O) groups excluding carboxylic acids is 1. The van der Waals surface area contributed by atoms with Crippen molar-refractivity contribution in [2.75, 3.05) is 6.61 Å². The lowest BCUT2D eigenvalue weighted by molar-refractivity contribution is -0.146. The second-order valence-electron chi connectivity index (χ2n) is 4.53. The van der Waals surface area contributed by atoms with Gasteiger partial charge < -0.3 is 15.6 Å². The number of aromatic nitrogens is 1. The van der Waals surface area contributed by atoms with Crippen LogP contribution in [0.1, 0.15) is 19.9 Å². The number of aromatic hydroxyl groups is 1. The first kappa shape index (κ1) is 15.9. The quantitative estimate of drug-likeness (QED) is 0.512. The first-order chi connectivity index (χ1) is 10.5. The Labute approximate surface area is 132 Å². The topological polar surface area (TPSA) is 102 Å². The van der Waals surface area contributed by atoms with Gasteiger partial charge in [-0.25, -0.2) is 4.79 Å². The standard InChI is InChI=1S/C14H16N4O3S/c1-3-21-13(20)8(2)18-10-7-5-4-6-9(10)11(12(18)19)16-17-14(15)22/h4-8,19H,3H2,1-2H3,(H2,15,22)/t8-/m0/s1. The molecule has 0 unspecified atom stereocenters. The number of rotatable bonds is 4. The lowest BCUT2D eigenvalue weighted by atomic mass is 10.2. The van der Waals surface area contributed by atoms with E-state index in [0.29, 0.717) is 10.9 Å². The second-order valence-corrected chi connectivity index (χ2v) is 4.94. The van der Waals surface area contributed by atoms with Gasteiger partial charge in [0.2, 0.25) is 11.0 Å². The first-order valence-electron chi connectivity index (χ1n) is 6.67. The number of thiocarbonyl (C=S) groups is 1. The van der Waals surface area contributed by atoms with Gasteiger partial charge in [0.15, 0.2) is 5.69 Å². The normalized spacial score (nSPS) is 12.6. The molecule has 0 amide bonds. The van der Waals surface area contributed by atoms with Crippen LogP contribution in [-0.4, -0.2) is 27.4 Å². The summed E-state index contributed by atoms with van der Waals surface area (Å²) in [7, 11) is 0. The van der Waals surface area contributed by atoms with E-state index in [0.717, 1.165) is 0 Å². The maximum atomic E-state index is 12.0. The van der Waals surface area contributed by atoms with Crippen LogP contribution in [0.2, 0.25) is 0 Å². The van der Waals surface area contributed by atoms with Crippen LogP contribution in [0.25, 0.3) is 10.9 Å². The Bertz CT molecular complexity index is 754. The van der Waals surface area contributed by atoms with Gasteiger partial charge in [0.05, 0.1) is 12.1 Å². The van der Waals surface area contributed by atoms with Crippen molar-refractivity contribution in [3.8, 4) is 5.88 Å². The number of azo groups is 1. The van der Waals surface area contributed by atoms with E-state index in [1.165, 1.54) is 4.57 Å². The van der Waals surface area contributed by atoms with Gasteiger partial charge in [-0.1, -0.05) is 18.2 Å². The van der Waals surface area contributed by atoms with E-state index in [2.05, 4.69) is 22.4 Å². The van der Waals surface area contributed by atoms with Gasteiger partial charge >= 0.3 is 5.97 Å². The van der Waals surface area contributed by atoms with Crippen LogP contribution in [0.3, 0.4) is 0 Å². The number of nitrogens with zero attached hydrogens (tertiary/aromatic N) is 3. The van der Waals surface area contributed by atoms with E-state index >= 15 is 0 Å². The monoisotopic (exact) mass is 320 g/mol. The molecule has 8 heteroatoms. The van der Waals surface area contributed by atoms with Crippen molar-refractivity contribution in [1.82, 2.24) is 4.57 Å². The summed E-state index contributed by atoms with van der Waals surface area (Å²) in [6, 6.07) is 6.41. The summed E-state index contributed by atoms with van der Waals surface area (Å²) in [5, 5.41) is 18.4. The molecule has 3 N–H and O–H groups in total. The summed E-state index contributed by atoms with van der Waals surface area (Å²) < 4.78 is 6.45. The molecule has 1 atom stereocenters. The second kappa shape index (κ2) is 6.52. The van der Waals surface area contributed by atoms with E-state index in [9.17, 15) is 9.90 Å². The van der Waals surface area contributed by atoms with Crippen LogP contribution in [0.15, 0.2) is 34.5 Å². The summed E-state index contributed by atoms with van der Waals surface area (Å²) in [4.78, 5) is 12.0. The maximum Gasteiger partial charge on any atom is 0.328 e. The number of hydrogen-bond acceptors (Lipinski definition) is 5. The molecule has 0 saturated heterocycles. The largest absolute Gasteiger partial charge is 0.493 e. The summed E-state index contributed by atoms with van der Waals surface area (Å²) in [6.45, 7) is 3.62. The van der Waals surface area contributed by atoms with Crippen molar-refractivity contribution < 1.29 is 14.6 Å². The minimum Gasteiger partial charge on any atom is -0.493 e. The maximum absolute atomic E-state index is 12.0. The highest BCUT2D eigenvalue weighted by Gasteiger charge is 2.25. The minimum absolute atomic E-state index is 0.144. The molecule has 1 aromatic carbocycles. The Morgan fingerprint density at radius 3 is 2.82 bits per heavy atom. The van der Waals surface area contributed by atoms with Crippen LogP contribution in [0.4, 0.5) is 5.69 Å². The van der Waals surface area contributed by atoms with Crippen LogP contribution in [-0.2, 0) is 9.53 Å². The first-order valence-corrected chi connectivity index (χ1v) is 7.07. The SMILES string of the molecule is CCOC(=O)[C@H](C)n1c(O)c(N=NC(N)=S)c2ccccc21. The molecule has 1 heterocycles. The molecule has 0 aliphatic heterocycles. The number of benzene rings is 1. The van der Waals surface area contributed by atoms with Crippen molar-refractivity contribution >= 4 is 39.9 Å². The molecule has 116 valence electrons. The molecule has 2 rings (SSSR count). The third kappa shape index (κ3) is 2.91. The molecule has 0 aliphatic carbocycles. The molecule has 0 aliphatic rings. The molecule has 1 aromatic heterocycles. The number of fused-ring (bicyclic) bond motifs is 1. The molecule has 0 fully saturated rings. The number of esters is 1. The lowest BCUT2D eigenvalue weighted by Crippen LogP contribution is -2.18. The zero-order valence-corrected chi connectivity index (χ0v) is 13.0. The van der Waals surface area contributed by atoms with Crippen molar-refractivity contribution in [3.63, 3.8) is 0 Å². The van der Waals surface area contributed by atoms with Crippen LogP contribution in [0, 0.1) is 0 Å². The van der Waals surface area contributed by atoms with Crippen molar-refractivity contribution in [2.45, 2.75) is 19.9 Å². The molecular formula is C14H16N4O3S. The number of nitrogens with two attached hydrogens (primary N) is 1. The number of para-hydroxylation sites is 1. The molecule has 0 spiro atoms. The molecule has 22 heavy (non-hydrogen) atoms. The average molecular weight is 320 g/mol. The zero-order chi connectivity index (χ0) is 16.3. The van der Waals surface area contributed by atoms with Crippen molar-refractivity contribution in [3.05, 3.63) is 24.3 Å². The van der Waals surface area contributed by atoms with E-state index in [-0.39, 0.29) is 23.3 Å². The van der Waals surface area contributed by atoms with Gasteiger partial charge in [-0.15, -0.1) is 10.2 Å². The van der Waals surface area contributed by atoms with Crippen LogP contribution >= 0.6 is 12.2 Å². The zero-order valence-electron chi connectivity index (χ0n) is 12.2. The fourth-order valence-corrected chi connectivity index (χ4v) is 2.23. The van der Waals surface area contributed by atoms with Gasteiger partial charge in [-0.05, 0) is 32.1 Å². The smallest absolute Gasteiger partial charge is 0.328 e.